The largest absolute Gasteiger partial charge is 0.390 e. The highest BCUT2D eigenvalue weighted by Crippen LogP contribution is 2.40. The first-order chi connectivity index (χ1) is 21.2. The van der Waals surface area contributed by atoms with Gasteiger partial charge in [0.15, 0.2) is 0 Å². The van der Waals surface area contributed by atoms with Crippen molar-refractivity contribution in [2.24, 2.45) is 5.92 Å². The number of aliphatic hydroxyl groups excluding tert-OH is 1. The molecular weight excluding hydrogens is 550 g/mol. The maximum atomic E-state index is 13.9. The van der Waals surface area contributed by atoms with Gasteiger partial charge in [-0.1, -0.05) is 81.8 Å². The number of piperidine rings is 1. The van der Waals surface area contributed by atoms with Crippen molar-refractivity contribution in [3.05, 3.63) is 88.2 Å². The van der Waals surface area contributed by atoms with Crippen molar-refractivity contribution in [3.8, 4) is 0 Å². The Bertz CT molecular complexity index is 1390. The summed E-state index contributed by atoms with van der Waals surface area (Å²) in [6, 6.07) is 18.6. The van der Waals surface area contributed by atoms with Crippen molar-refractivity contribution in [2.45, 2.75) is 96.9 Å². The summed E-state index contributed by atoms with van der Waals surface area (Å²) >= 11 is 0. The molecule has 236 valence electrons. The molecule has 2 amide bonds. The van der Waals surface area contributed by atoms with Crippen molar-refractivity contribution in [1.29, 1.82) is 0 Å². The normalized spacial score (nSPS) is 20.2. The standard InChI is InChI=1S/C36H49N5O3/c1-6-7-21-41-34(43)31(33(42)24(2)3)37-35(44)36(41)19-22-40(23-20-36)32(30-25(4)38-39-26(30)5)29-17-15-28(16-18-29)14-13-27-11-9-8-10-12-27/h8-12,15-18,24,31-33,42H,6-7,13-14,19-23H2,1-5H3,(H,37,44)(H,38,39)/t31-,32?,33-/m1/s1. The number of hydrogen-bond acceptors (Lipinski definition) is 5. The zero-order valence-electron chi connectivity index (χ0n) is 27.0. The number of amides is 2. The third kappa shape index (κ3) is 6.33. The van der Waals surface area contributed by atoms with Crippen LogP contribution in [0.25, 0.3) is 0 Å². The molecule has 0 saturated carbocycles. The number of aliphatic hydroxyl groups is 1. The molecule has 2 aliphatic rings. The molecule has 3 atom stereocenters. The Labute approximate surface area is 262 Å². The molecule has 44 heavy (non-hydrogen) atoms. The van der Waals surface area contributed by atoms with Crippen LogP contribution in [0.5, 0.6) is 0 Å². The molecule has 1 spiro atoms. The van der Waals surface area contributed by atoms with Gasteiger partial charge in [0.25, 0.3) is 0 Å². The number of carbonyl (C=O) groups excluding carboxylic acids is 2. The van der Waals surface area contributed by atoms with Gasteiger partial charge in [-0.2, -0.15) is 5.10 Å². The van der Waals surface area contributed by atoms with Crippen LogP contribution >= 0.6 is 0 Å². The van der Waals surface area contributed by atoms with E-state index in [1.54, 1.807) is 0 Å². The van der Waals surface area contributed by atoms with Gasteiger partial charge in [-0.3, -0.25) is 19.6 Å². The van der Waals surface area contributed by atoms with Crippen LogP contribution in [0.2, 0.25) is 0 Å². The van der Waals surface area contributed by atoms with E-state index in [2.05, 4.69) is 88.9 Å². The van der Waals surface area contributed by atoms with Crippen LogP contribution in [-0.2, 0) is 22.4 Å². The van der Waals surface area contributed by atoms with E-state index in [1.165, 1.54) is 22.3 Å². The first kappa shape index (κ1) is 31.9. The molecule has 3 aromatic rings. The number of aryl methyl sites for hydroxylation is 4. The highest BCUT2D eigenvalue weighted by atomic mass is 16.3. The van der Waals surface area contributed by atoms with Crippen LogP contribution in [-0.4, -0.2) is 74.2 Å². The van der Waals surface area contributed by atoms with Crippen LogP contribution in [0.4, 0.5) is 0 Å². The van der Waals surface area contributed by atoms with Gasteiger partial charge in [-0.05, 0) is 68.6 Å². The van der Waals surface area contributed by atoms with Crippen molar-refractivity contribution < 1.29 is 14.7 Å². The fourth-order valence-electron chi connectivity index (χ4n) is 7.07. The minimum Gasteiger partial charge on any atom is -0.390 e. The molecule has 1 unspecified atom stereocenters. The Morgan fingerprint density at radius 1 is 0.977 bits per heavy atom. The molecule has 1 aromatic heterocycles. The van der Waals surface area contributed by atoms with E-state index in [0.717, 1.165) is 37.1 Å². The lowest BCUT2D eigenvalue weighted by molar-refractivity contribution is -0.165. The first-order valence-electron chi connectivity index (χ1n) is 16.3. The maximum Gasteiger partial charge on any atom is 0.248 e. The highest BCUT2D eigenvalue weighted by Gasteiger charge is 2.55. The minimum atomic E-state index is -0.917. The summed E-state index contributed by atoms with van der Waals surface area (Å²) in [5.74, 6) is -0.426. The van der Waals surface area contributed by atoms with Gasteiger partial charge < -0.3 is 15.3 Å². The Morgan fingerprint density at radius 2 is 1.61 bits per heavy atom. The maximum absolute atomic E-state index is 13.9. The predicted molar refractivity (Wildman–Crippen MR) is 173 cm³/mol. The average Bonchev–Trinajstić information content (AvgIpc) is 3.36. The number of H-pyrrole nitrogens is 1. The fourth-order valence-corrected chi connectivity index (χ4v) is 7.07. The topological polar surface area (TPSA) is 102 Å². The highest BCUT2D eigenvalue weighted by molar-refractivity contribution is 6.00. The number of nitrogens with zero attached hydrogens (tertiary/aromatic N) is 3. The summed E-state index contributed by atoms with van der Waals surface area (Å²) in [5, 5.41) is 21.5. The van der Waals surface area contributed by atoms with E-state index < -0.39 is 17.7 Å². The second-order valence-corrected chi connectivity index (χ2v) is 13.1. The number of benzene rings is 2. The van der Waals surface area contributed by atoms with Gasteiger partial charge in [-0.15, -0.1) is 0 Å². The smallest absolute Gasteiger partial charge is 0.248 e. The second-order valence-electron chi connectivity index (χ2n) is 13.1. The summed E-state index contributed by atoms with van der Waals surface area (Å²) in [6.07, 6.45) is 3.90. The number of likely N-dealkylation sites (tertiary alicyclic amines) is 1. The SMILES string of the molecule is CCCCN1C(=O)[C@@H]([C@H](O)C(C)C)NC(=O)C12CCN(C(c1ccc(CCc3ccccc3)cc1)c1c(C)n[nH]c1C)CC2. The van der Waals surface area contributed by atoms with E-state index in [0.29, 0.717) is 32.5 Å². The van der Waals surface area contributed by atoms with Crippen molar-refractivity contribution in [2.75, 3.05) is 19.6 Å². The van der Waals surface area contributed by atoms with E-state index in [9.17, 15) is 14.7 Å². The lowest BCUT2D eigenvalue weighted by atomic mass is 9.79. The Balaban J connectivity index is 1.39. The number of aromatic nitrogens is 2. The van der Waals surface area contributed by atoms with Crippen molar-refractivity contribution in [1.82, 2.24) is 25.3 Å². The van der Waals surface area contributed by atoms with Crippen molar-refractivity contribution >= 4 is 11.8 Å². The number of unbranched alkanes of at least 4 members (excludes halogenated alkanes) is 1. The van der Waals surface area contributed by atoms with E-state index >= 15 is 0 Å². The Morgan fingerprint density at radius 3 is 2.18 bits per heavy atom. The Kier molecular flexibility index (Phi) is 9.90. The first-order valence-corrected chi connectivity index (χ1v) is 16.3. The van der Waals surface area contributed by atoms with E-state index in [-0.39, 0.29) is 23.8 Å². The summed E-state index contributed by atoms with van der Waals surface area (Å²) < 4.78 is 0. The molecule has 0 aliphatic carbocycles. The zero-order chi connectivity index (χ0) is 31.4. The summed E-state index contributed by atoms with van der Waals surface area (Å²) in [5.41, 5.74) is 6.13. The summed E-state index contributed by atoms with van der Waals surface area (Å²) in [6.45, 7) is 11.8. The van der Waals surface area contributed by atoms with E-state index in [1.807, 2.05) is 25.7 Å². The summed E-state index contributed by atoms with van der Waals surface area (Å²) in [7, 11) is 0. The number of rotatable bonds is 11. The van der Waals surface area contributed by atoms with Crippen LogP contribution in [0.1, 0.15) is 86.1 Å². The number of piperazine rings is 1. The predicted octanol–water partition coefficient (Wildman–Crippen LogP) is 4.88. The van der Waals surface area contributed by atoms with Gasteiger partial charge in [0.2, 0.25) is 11.8 Å². The van der Waals surface area contributed by atoms with Gasteiger partial charge in [0, 0.05) is 30.9 Å². The molecule has 3 heterocycles. The fraction of sp³-hybridized carbons (Fsp3) is 0.528. The molecular formula is C36H49N5O3. The minimum absolute atomic E-state index is 0.0174. The van der Waals surface area contributed by atoms with Gasteiger partial charge in [-0.25, -0.2) is 0 Å². The molecule has 3 N–H and O–H groups in total. The number of hydrogen-bond donors (Lipinski definition) is 3. The van der Waals surface area contributed by atoms with Gasteiger partial charge in [0.1, 0.15) is 11.6 Å². The van der Waals surface area contributed by atoms with Gasteiger partial charge in [0.05, 0.1) is 17.8 Å². The number of aromatic amines is 1. The number of carbonyl (C=O) groups is 2. The lowest BCUT2D eigenvalue weighted by Gasteiger charge is -2.53. The molecule has 2 saturated heterocycles. The molecule has 8 heteroatoms. The third-order valence-electron chi connectivity index (χ3n) is 9.81. The third-order valence-corrected chi connectivity index (χ3v) is 9.81. The quantitative estimate of drug-likeness (QED) is 0.292. The van der Waals surface area contributed by atoms with Crippen LogP contribution in [0.15, 0.2) is 54.6 Å². The zero-order valence-corrected chi connectivity index (χ0v) is 27.0. The van der Waals surface area contributed by atoms with E-state index in [4.69, 9.17) is 0 Å². The molecule has 5 rings (SSSR count). The molecule has 0 radical (unpaired) electrons. The average molecular weight is 600 g/mol. The molecule has 2 aromatic carbocycles. The van der Waals surface area contributed by atoms with Crippen LogP contribution in [0, 0.1) is 19.8 Å². The molecule has 2 fully saturated rings. The Hall–Kier alpha value is -3.49. The van der Waals surface area contributed by atoms with Crippen LogP contribution in [0.3, 0.4) is 0 Å². The molecule has 0 bridgehead atoms. The second kappa shape index (κ2) is 13.7. The summed E-state index contributed by atoms with van der Waals surface area (Å²) in [4.78, 5) is 31.9. The lowest BCUT2D eigenvalue weighted by Crippen LogP contribution is -2.75. The molecule has 2 aliphatic heterocycles. The van der Waals surface area contributed by atoms with Gasteiger partial charge >= 0.3 is 0 Å². The number of nitrogens with one attached hydrogen (secondary N) is 2. The monoisotopic (exact) mass is 599 g/mol. The molecule has 8 nitrogen and oxygen atoms in total. The van der Waals surface area contributed by atoms with Crippen molar-refractivity contribution in [3.63, 3.8) is 0 Å². The van der Waals surface area contributed by atoms with Crippen LogP contribution < -0.4 is 5.32 Å².